The minimum absolute atomic E-state index is 0.189. The lowest BCUT2D eigenvalue weighted by molar-refractivity contribution is -0.132. The molecule has 36 heavy (non-hydrogen) atoms. The maximum absolute atomic E-state index is 12.5. The van der Waals surface area contributed by atoms with Crippen molar-refractivity contribution >= 4 is 46.2 Å². The number of hydrogen-bond acceptors (Lipinski definition) is 7. The second-order valence-electron chi connectivity index (χ2n) is 8.65. The average molecular weight is 500 g/mol. The van der Waals surface area contributed by atoms with E-state index in [0.29, 0.717) is 30.5 Å². The van der Waals surface area contributed by atoms with Crippen molar-refractivity contribution in [1.82, 2.24) is 16.0 Å². The van der Waals surface area contributed by atoms with Gasteiger partial charge in [-0.25, -0.2) is 4.79 Å². The molecule has 192 valence electrons. The van der Waals surface area contributed by atoms with Crippen LogP contribution in [0.3, 0.4) is 0 Å². The smallest absolute Gasteiger partial charge is 0.336 e. The topological polar surface area (TPSA) is 190 Å². The number of carbonyl (C=O) groups excluding carboxylic acids is 5. The Balaban J connectivity index is 1.42. The van der Waals surface area contributed by atoms with Crippen LogP contribution in [0.5, 0.6) is 0 Å². The average Bonchev–Trinajstić information content (AvgIpc) is 3.24. The first-order valence-electron chi connectivity index (χ1n) is 11.6. The molecule has 3 rings (SSSR count). The lowest BCUT2D eigenvalue weighted by atomic mass is 10.1. The standard InChI is InChI=1S/C24H29N5O7/c1-13-10-22(33)36-18-11-14(5-6-15(13)18)27-20(31)4-2-3-9-26-23(34)17(12-19(25)30)29-24(35)16-7-8-21(32)28-16/h5-6,10-11,16-17H,2-4,7-9,12H2,1H3,(H2,25,30)(H,26,34)(H,27,31)(H,28,32)(H,29,35). The maximum Gasteiger partial charge on any atom is 0.336 e. The van der Waals surface area contributed by atoms with Gasteiger partial charge >= 0.3 is 5.63 Å². The van der Waals surface area contributed by atoms with Gasteiger partial charge in [-0.2, -0.15) is 0 Å². The Morgan fingerprint density at radius 1 is 1.17 bits per heavy atom. The Morgan fingerprint density at radius 2 is 1.94 bits per heavy atom. The van der Waals surface area contributed by atoms with E-state index in [2.05, 4.69) is 21.3 Å². The molecule has 12 heteroatoms. The van der Waals surface area contributed by atoms with Crippen LogP contribution in [0.15, 0.2) is 33.5 Å². The Hall–Kier alpha value is -4.22. The number of unbranched alkanes of at least 4 members (excludes halogenated alkanes) is 1. The number of rotatable bonds is 11. The zero-order chi connectivity index (χ0) is 26.2. The second-order valence-corrected chi connectivity index (χ2v) is 8.65. The molecular formula is C24H29N5O7. The van der Waals surface area contributed by atoms with E-state index >= 15 is 0 Å². The van der Waals surface area contributed by atoms with Gasteiger partial charge in [-0.1, -0.05) is 0 Å². The minimum atomic E-state index is -1.16. The normalized spacial score (nSPS) is 15.7. The van der Waals surface area contributed by atoms with E-state index in [-0.39, 0.29) is 37.6 Å². The molecule has 12 nitrogen and oxygen atoms in total. The number of aryl methyl sites for hydroxylation is 1. The number of nitrogens with one attached hydrogen (secondary N) is 4. The predicted molar refractivity (Wildman–Crippen MR) is 130 cm³/mol. The number of fused-ring (bicyclic) bond motifs is 1. The van der Waals surface area contributed by atoms with Gasteiger partial charge in [0.05, 0.1) is 6.42 Å². The van der Waals surface area contributed by atoms with Gasteiger partial charge in [0.2, 0.25) is 29.5 Å². The van der Waals surface area contributed by atoms with Crippen LogP contribution in [0, 0.1) is 6.92 Å². The molecule has 1 aliphatic rings. The summed E-state index contributed by atoms with van der Waals surface area (Å²) in [5.41, 5.74) is 6.39. The first-order chi connectivity index (χ1) is 17.1. The number of anilines is 1. The summed E-state index contributed by atoms with van der Waals surface area (Å²) < 4.78 is 5.18. The van der Waals surface area contributed by atoms with Gasteiger partial charge in [0.25, 0.3) is 0 Å². The Labute approximate surface area is 206 Å². The predicted octanol–water partition coefficient (Wildman–Crippen LogP) is -0.0348. The molecule has 6 N–H and O–H groups in total. The van der Waals surface area contributed by atoms with Gasteiger partial charge in [-0.3, -0.25) is 24.0 Å². The molecule has 1 aromatic carbocycles. The molecule has 1 saturated heterocycles. The molecular weight excluding hydrogens is 470 g/mol. The van der Waals surface area contributed by atoms with Crippen LogP contribution in [0.2, 0.25) is 0 Å². The highest BCUT2D eigenvalue weighted by molar-refractivity contribution is 5.96. The SMILES string of the molecule is Cc1cc(=O)oc2cc(NC(=O)CCCCNC(=O)C(CC(N)=O)NC(=O)C3CCC(=O)N3)ccc12. The molecule has 0 saturated carbocycles. The quantitative estimate of drug-likeness (QED) is 0.212. The lowest BCUT2D eigenvalue weighted by Gasteiger charge is -2.19. The van der Waals surface area contributed by atoms with Gasteiger partial charge in [0.15, 0.2) is 0 Å². The van der Waals surface area contributed by atoms with E-state index < -0.39 is 35.4 Å². The largest absolute Gasteiger partial charge is 0.423 e. The zero-order valence-corrected chi connectivity index (χ0v) is 19.8. The van der Waals surface area contributed by atoms with E-state index in [0.717, 1.165) is 10.9 Å². The third-order valence-electron chi connectivity index (χ3n) is 5.72. The summed E-state index contributed by atoms with van der Waals surface area (Å²) in [4.78, 5) is 71.2. The van der Waals surface area contributed by atoms with E-state index in [9.17, 15) is 28.8 Å². The molecule has 0 spiro atoms. The Kier molecular flexibility index (Phi) is 8.76. The molecule has 2 heterocycles. The third-order valence-corrected chi connectivity index (χ3v) is 5.72. The highest BCUT2D eigenvalue weighted by Gasteiger charge is 2.31. The highest BCUT2D eigenvalue weighted by atomic mass is 16.4. The fraction of sp³-hybridized carbons (Fsp3) is 0.417. The number of carbonyl (C=O) groups is 5. The number of hydrogen-bond donors (Lipinski definition) is 5. The van der Waals surface area contributed by atoms with Gasteiger partial charge in [-0.15, -0.1) is 0 Å². The molecule has 1 fully saturated rings. The van der Waals surface area contributed by atoms with Gasteiger partial charge in [0.1, 0.15) is 17.7 Å². The summed E-state index contributed by atoms with van der Waals surface area (Å²) in [6, 6.07) is 4.57. The maximum atomic E-state index is 12.5. The fourth-order valence-corrected chi connectivity index (χ4v) is 3.87. The van der Waals surface area contributed by atoms with Crippen molar-refractivity contribution in [3.05, 3.63) is 40.2 Å². The van der Waals surface area contributed by atoms with Crippen LogP contribution >= 0.6 is 0 Å². The van der Waals surface area contributed by atoms with Crippen LogP contribution in [0.1, 0.15) is 44.1 Å². The van der Waals surface area contributed by atoms with Crippen molar-refractivity contribution in [3.63, 3.8) is 0 Å². The molecule has 2 aromatic rings. The van der Waals surface area contributed by atoms with Gasteiger partial charge in [0, 0.05) is 42.6 Å². The number of amides is 5. The number of benzene rings is 1. The lowest BCUT2D eigenvalue weighted by Crippen LogP contribution is -2.53. The van der Waals surface area contributed by atoms with Gasteiger partial charge < -0.3 is 31.4 Å². The number of nitrogens with two attached hydrogens (primary N) is 1. The van der Waals surface area contributed by atoms with Crippen molar-refractivity contribution < 1.29 is 28.4 Å². The van der Waals surface area contributed by atoms with Crippen molar-refractivity contribution in [2.75, 3.05) is 11.9 Å². The third kappa shape index (κ3) is 7.39. The van der Waals surface area contributed by atoms with Crippen LogP contribution in [0.4, 0.5) is 5.69 Å². The summed E-state index contributed by atoms with van der Waals surface area (Å²) >= 11 is 0. The first kappa shape index (κ1) is 26.4. The summed E-state index contributed by atoms with van der Waals surface area (Å²) in [5.74, 6) is -2.39. The van der Waals surface area contributed by atoms with Crippen molar-refractivity contribution in [2.45, 2.75) is 57.5 Å². The summed E-state index contributed by atoms with van der Waals surface area (Å²) in [6.07, 6.45) is 1.27. The minimum Gasteiger partial charge on any atom is -0.423 e. The fourth-order valence-electron chi connectivity index (χ4n) is 3.87. The Morgan fingerprint density at radius 3 is 2.64 bits per heavy atom. The second kappa shape index (κ2) is 12.0. The van der Waals surface area contributed by atoms with Crippen molar-refractivity contribution in [3.8, 4) is 0 Å². The van der Waals surface area contributed by atoms with Crippen LogP contribution in [-0.2, 0) is 24.0 Å². The van der Waals surface area contributed by atoms with Crippen LogP contribution < -0.4 is 32.6 Å². The molecule has 2 atom stereocenters. The molecule has 1 aliphatic heterocycles. The first-order valence-corrected chi connectivity index (χ1v) is 11.6. The number of primary amides is 1. The van der Waals surface area contributed by atoms with E-state index in [1.807, 2.05) is 0 Å². The van der Waals surface area contributed by atoms with Crippen LogP contribution in [0.25, 0.3) is 11.0 Å². The van der Waals surface area contributed by atoms with E-state index in [1.165, 1.54) is 6.07 Å². The molecule has 0 radical (unpaired) electrons. The zero-order valence-electron chi connectivity index (χ0n) is 19.8. The molecule has 0 bridgehead atoms. The van der Waals surface area contributed by atoms with Crippen LogP contribution in [-0.4, -0.2) is 48.2 Å². The van der Waals surface area contributed by atoms with E-state index in [1.54, 1.807) is 25.1 Å². The highest BCUT2D eigenvalue weighted by Crippen LogP contribution is 2.21. The summed E-state index contributed by atoms with van der Waals surface area (Å²) in [7, 11) is 0. The molecule has 1 aromatic heterocycles. The van der Waals surface area contributed by atoms with Crippen molar-refractivity contribution in [2.24, 2.45) is 5.73 Å². The monoisotopic (exact) mass is 499 g/mol. The Bertz CT molecular complexity index is 1240. The van der Waals surface area contributed by atoms with Crippen molar-refractivity contribution in [1.29, 1.82) is 0 Å². The molecule has 0 aliphatic carbocycles. The molecule has 5 amide bonds. The van der Waals surface area contributed by atoms with E-state index in [4.69, 9.17) is 10.2 Å². The summed E-state index contributed by atoms with van der Waals surface area (Å²) in [5, 5.41) is 11.1. The summed E-state index contributed by atoms with van der Waals surface area (Å²) in [6.45, 7) is 2.02. The molecule has 2 unspecified atom stereocenters. The van der Waals surface area contributed by atoms with Gasteiger partial charge in [-0.05, 0) is 43.9 Å².